The quantitative estimate of drug-likeness (QED) is 0.805. The van der Waals surface area contributed by atoms with Crippen LogP contribution in [0, 0.1) is 13.8 Å². The minimum absolute atomic E-state index is 0.0851. The first kappa shape index (κ1) is 17.2. The highest BCUT2D eigenvalue weighted by atomic mass is 79.9. The summed E-state index contributed by atoms with van der Waals surface area (Å²) in [7, 11) is 1.78. The van der Waals surface area contributed by atoms with Crippen molar-refractivity contribution in [1.82, 2.24) is 15.1 Å². The maximum atomic E-state index is 12.1. The smallest absolute Gasteiger partial charge is 0.326 e. The van der Waals surface area contributed by atoms with Gasteiger partial charge in [-0.25, -0.2) is 0 Å². The zero-order valence-corrected chi connectivity index (χ0v) is 14.7. The summed E-state index contributed by atoms with van der Waals surface area (Å²) in [6.45, 7) is 10.1. The molecule has 0 aliphatic rings. The maximum absolute atomic E-state index is 12.1. The molecule has 0 fully saturated rings. The summed E-state index contributed by atoms with van der Waals surface area (Å²) in [4.78, 5) is 12.1. The first-order valence-corrected chi connectivity index (χ1v) is 7.63. The Balaban J connectivity index is 2.94. The number of ether oxygens (including phenoxy) is 1. The summed E-state index contributed by atoms with van der Waals surface area (Å²) in [5.41, 5.74) is 1.31. The van der Waals surface area contributed by atoms with Crippen molar-refractivity contribution in [3.05, 3.63) is 15.9 Å². The second kappa shape index (κ2) is 6.72. The van der Waals surface area contributed by atoms with Crippen LogP contribution in [0.5, 0.6) is 0 Å². The molecule has 5 nitrogen and oxygen atoms in total. The Kier molecular flexibility index (Phi) is 5.77. The van der Waals surface area contributed by atoms with Crippen LogP contribution < -0.4 is 5.32 Å². The zero-order chi connectivity index (χ0) is 15.5. The summed E-state index contributed by atoms with van der Waals surface area (Å²) in [6, 6.07) is 0.0851. The molecule has 2 unspecified atom stereocenters. The lowest BCUT2D eigenvalue weighted by Gasteiger charge is -2.30. The van der Waals surface area contributed by atoms with Gasteiger partial charge in [0.15, 0.2) is 0 Å². The molecule has 1 aromatic rings. The Morgan fingerprint density at radius 1 is 1.55 bits per heavy atom. The van der Waals surface area contributed by atoms with Gasteiger partial charge in [0.2, 0.25) is 0 Å². The number of likely N-dealkylation sites (N-methyl/N-ethyl adjacent to an activating group) is 1. The standard InChI is InChI=1S/C14H24BrN3O2/c1-7-20-13(19)14(5,16-6)8-9(2)18-11(4)12(15)10(3)17-18/h9,16H,7-8H2,1-6H3. The average Bonchev–Trinajstić information content (AvgIpc) is 2.66. The molecule has 114 valence electrons. The van der Waals surface area contributed by atoms with Crippen LogP contribution in [-0.2, 0) is 9.53 Å². The highest BCUT2D eigenvalue weighted by Gasteiger charge is 2.35. The van der Waals surface area contributed by atoms with E-state index in [1.165, 1.54) is 0 Å². The lowest BCUT2D eigenvalue weighted by Crippen LogP contribution is -2.50. The van der Waals surface area contributed by atoms with E-state index in [2.05, 4.69) is 33.3 Å². The maximum Gasteiger partial charge on any atom is 0.326 e. The predicted molar refractivity (Wildman–Crippen MR) is 82.8 cm³/mol. The topological polar surface area (TPSA) is 56.2 Å². The molecule has 0 aliphatic carbocycles. The van der Waals surface area contributed by atoms with Gasteiger partial charge in [-0.2, -0.15) is 5.10 Å². The monoisotopic (exact) mass is 345 g/mol. The van der Waals surface area contributed by atoms with Crippen LogP contribution in [0.2, 0.25) is 0 Å². The Morgan fingerprint density at radius 3 is 2.55 bits per heavy atom. The molecule has 20 heavy (non-hydrogen) atoms. The Hall–Kier alpha value is -0.880. The number of rotatable bonds is 6. The molecular formula is C14H24BrN3O2. The summed E-state index contributed by atoms with van der Waals surface area (Å²) < 4.78 is 8.13. The fourth-order valence-corrected chi connectivity index (χ4v) is 2.59. The Morgan fingerprint density at radius 2 is 2.15 bits per heavy atom. The second-order valence-electron chi connectivity index (χ2n) is 5.29. The molecular weight excluding hydrogens is 322 g/mol. The number of carbonyl (C=O) groups excluding carboxylic acids is 1. The van der Waals surface area contributed by atoms with Gasteiger partial charge in [-0.3, -0.25) is 9.48 Å². The molecule has 1 N–H and O–H groups in total. The lowest BCUT2D eigenvalue weighted by molar-refractivity contribution is -0.151. The number of nitrogens with one attached hydrogen (secondary N) is 1. The summed E-state index contributed by atoms with van der Waals surface area (Å²) in [5, 5.41) is 7.60. The number of carbonyl (C=O) groups is 1. The third-order valence-corrected chi connectivity index (χ3v) is 4.78. The van der Waals surface area contributed by atoms with Gasteiger partial charge in [0.1, 0.15) is 5.54 Å². The molecule has 2 atom stereocenters. The van der Waals surface area contributed by atoms with Crippen molar-refractivity contribution in [2.45, 2.75) is 52.6 Å². The zero-order valence-electron chi connectivity index (χ0n) is 13.1. The van der Waals surface area contributed by atoms with Gasteiger partial charge in [0.25, 0.3) is 0 Å². The third-order valence-electron chi connectivity index (χ3n) is 3.64. The van der Waals surface area contributed by atoms with Crippen molar-refractivity contribution in [2.24, 2.45) is 0 Å². The van der Waals surface area contributed by atoms with Crippen molar-refractivity contribution < 1.29 is 9.53 Å². The van der Waals surface area contributed by atoms with Gasteiger partial charge in [0.05, 0.1) is 28.5 Å². The molecule has 0 spiro atoms. The largest absolute Gasteiger partial charge is 0.465 e. The molecule has 0 bridgehead atoms. The molecule has 6 heteroatoms. The van der Waals surface area contributed by atoms with E-state index in [1.807, 2.05) is 32.4 Å². The minimum atomic E-state index is -0.714. The fraction of sp³-hybridized carbons (Fsp3) is 0.714. The average molecular weight is 346 g/mol. The number of hydrogen-bond acceptors (Lipinski definition) is 4. The van der Waals surface area contributed by atoms with Gasteiger partial charge in [0, 0.05) is 0 Å². The van der Waals surface area contributed by atoms with Crippen LogP contribution in [0.1, 0.15) is 44.6 Å². The van der Waals surface area contributed by atoms with Crippen molar-refractivity contribution in [3.8, 4) is 0 Å². The number of halogens is 1. The van der Waals surface area contributed by atoms with Crippen LogP contribution >= 0.6 is 15.9 Å². The predicted octanol–water partition coefficient (Wildman–Crippen LogP) is 2.75. The summed E-state index contributed by atoms with van der Waals surface area (Å²) >= 11 is 3.53. The lowest BCUT2D eigenvalue weighted by atomic mass is 9.94. The number of hydrogen-bond donors (Lipinski definition) is 1. The molecule has 0 saturated heterocycles. The van der Waals surface area contributed by atoms with Crippen LogP contribution in [0.15, 0.2) is 4.47 Å². The number of nitrogens with zero attached hydrogens (tertiary/aromatic N) is 2. The van der Waals surface area contributed by atoms with Crippen molar-refractivity contribution in [2.75, 3.05) is 13.7 Å². The van der Waals surface area contributed by atoms with E-state index in [0.717, 1.165) is 15.9 Å². The molecule has 1 heterocycles. The normalized spacial score (nSPS) is 15.8. The molecule has 0 amide bonds. The van der Waals surface area contributed by atoms with Crippen molar-refractivity contribution in [3.63, 3.8) is 0 Å². The molecule has 1 aromatic heterocycles. The number of esters is 1. The van der Waals surface area contributed by atoms with Crippen LogP contribution in [0.4, 0.5) is 0 Å². The van der Waals surface area contributed by atoms with Gasteiger partial charge >= 0.3 is 5.97 Å². The molecule has 0 radical (unpaired) electrons. The Labute approximate surface area is 129 Å². The molecule has 0 aromatic carbocycles. The van der Waals surface area contributed by atoms with E-state index in [9.17, 15) is 4.79 Å². The minimum Gasteiger partial charge on any atom is -0.465 e. The number of aryl methyl sites for hydroxylation is 1. The SMILES string of the molecule is CCOC(=O)C(C)(CC(C)n1nc(C)c(Br)c1C)NC. The fourth-order valence-electron chi connectivity index (χ4n) is 2.33. The summed E-state index contributed by atoms with van der Waals surface area (Å²) in [6.07, 6.45) is 0.608. The van der Waals surface area contributed by atoms with Crippen LogP contribution in [0.3, 0.4) is 0 Å². The number of aromatic nitrogens is 2. The first-order valence-electron chi connectivity index (χ1n) is 6.84. The van der Waals surface area contributed by atoms with Crippen LogP contribution in [-0.4, -0.2) is 34.9 Å². The summed E-state index contributed by atoms with van der Waals surface area (Å²) in [5.74, 6) is -0.227. The molecule has 0 aliphatic heterocycles. The van der Waals surface area contributed by atoms with Crippen molar-refractivity contribution in [1.29, 1.82) is 0 Å². The molecule has 1 rings (SSSR count). The van der Waals surface area contributed by atoms with E-state index >= 15 is 0 Å². The van der Waals surface area contributed by atoms with Crippen LogP contribution in [0.25, 0.3) is 0 Å². The first-order chi connectivity index (χ1) is 9.26. The van der Waals surface area contributed by atoms with E-state index in [1.54, 1.807) is 7.05 Å². The van der Waals surface area contributed by atoms with Gasteiger partial charge in [-0.05, 0) is 64.0 Å². The highest BCUT2D eigenvalue weighted by molar-refractivity contribution is 9.10. The second-order valence-corrected chi connectivity index (χ2v) is 6.08. The van der Waals surface area contributed by atoms with Gasteiger partial charge < -0.3 is 10.1 Å². The van der Waals surface area contributed by atoms with Gasteiger partial charge in [-0.1, -0.05) is 0 Å². The van der Waals surface area contributed by atoms with Crippen molar-refractivity contribution >= 4 is 21.9 Å². The Bertz CT molecular complexity index is 487. The van der Waals surface area contributed by atoms with E-state index in [4.69, 9.17) is 4.74 Å². The third kappa shape index (κ3) is 3.41. The molecule has 0 saturated carbocycles. The van der Waals surface area contributed by atoms with Gasteiger partial charge in [-0.15, -0.1) is 0 Å². The highest BCUT2D eigenvalue weighted by Crippen LogP contribution is 2.27. The van der Waals surface area contributed by atoms with E-state index in [-0.39, 0.29) is 12.0 Å². The van der Waals surface area contributed by atoms with E-state index in [0.29, 0.717) is 13.0 Å². The van der Waals surface area contributed by atoms with E-state index < -0.39 is 5.54 Å².